The summed E-state index contributed by atoms with van der Waals surface area (Å²) in [5, 5.41) is 11.5. The Bertz CT molecular complexity index is 474. The third-order valence-corrected chi connectivity index (χ3v) is 2.80. The number of nitrogens with one attached hydrogen (secondary N) is 1. The molecule has 4 N–H and O–H groups in total. The van der Waals surface area contributed by atoms with E-state index in [4.69, 9.17) is 22.4 Å². The van der Waals surface area contributed by atoms with E-state index in [2.05, 4.69) is 5.32 Å². The topological polar surface area (TPSA) is 92.4 Å². The van der Waals surface area contributed by atoms with Crippen LogP contribution in [0.1, 0.15) is 24.2 Å². The molecule has 1 aromatic carbocycles. The zero-order valence-electron chi connectivity index (χ0n) is 10.1. The number of anilines is 1. The highest BCUT2D eigenvalue weighted by Gasteiger charge is 2.18. The first-order valence-electron chi connectivity index (χ1n) is 5.42. The van der Waals surface area contributed by atoms with Gasteiger partial charge in [0.15, 0.2) is 0 Å². The Morgan fingerprint density at radius 1 is 1.39 bits per heavy atom. The molecular weight excluding hydrogens is 256 g/mol. The van der Waals surface area contributed by atoms with Gasteiger partial charge in [-0.15, -0.1) is 0 Å². The van der Waals surface area contributed by atoms with Crippen LogP contribution in [0.25, 0.3) is 0 Å². The average Bonchev–Trinajstić information content (AvgIpc) is 2.27. The van der Waals surface area contributed by atoms with Gasteiger partial charge in [0.05, 0.1) is 16.6 Å². The maximum atomic E-state index is 11.7. The van der Waals surface area contributed by atoms with Crippen molar-refractivity contribution >= 4 is 29.2 Å². The molecule has 18 heavy (non-hydrogen) atoms. The van der Waals surface area contributed by atoms with E-state index in [1.165, 1.54) is 18.2 Å². The molecule has 0 radical (unpaired) electrons. The molecular formula is C12H15ClN2O3. The van der Waals surface area contributed by atoms with Crippen LogP contribution in [-0.2, 0) is 4.79 Å². The summed E-state index contributed by atoms with van der Waals surface area (Å²) in [7, 11) is 0. The molecule has 0 saturated heterocycles. The van der Waals surface area contributed by atoms with Gasteiger partial charge in [-0.1, -0.05) is 25.4 Å². The third-order valence-electron chi connectivity index (χ3n) is 2.49. The molecule has 0 heterocycles. The summed E-state index contributed by atoms with van der Waals surface area (Å²) >= 11 is 5.79. The molecule has 0 aliphatic heterocycles. The number of benzene rings is 1. The highest BCUT2D eigenvalue weighted by molar-refractivity contribution is 6.33. The number of halogens is 1. The molecule has 1 aromatic rings. The smallest absolute Gasteiger partial charge is 0.337 e. The van der Waals surface area contributed by atoms with Crippen LogP contribution in [0.4, 0.5) is 5.69 Å². The molecule has 1 atom stereocenters. The number of carbonyl (C=O) groups excluding carboxylic acids is 1. The van der Waals surface area contributed by atoms with Crippen LogP contribution in [0, 0.1) is 5.92 Å². The molecule has 0 unspecified atom stereocenters. The van der Waals surface area contributed by atoms with Crippen LogP contribution in [0.5, 0.6) is 0 Å². The second kappa shape index (κ2) is 5.84. The molecule has 1 amide bonds. The summed E-state index contributed by atoms with van der Waals surface area (Å²) in [5.41, 5.74) is 6.10. The van der Waals surface area contributed by atoms with Crippen LogP contribution in [-0.4, -0.2) is 23.0 Å². The number of hydrogen-bond donors (Lipinski definition) is 3. The molecule has 1 rings (SSSR count). The maximum Gasteiger partial charge on any atom is 0.337 e. The van der Waals surface area contributed by atoms with E-state index in [-0.39, 0.29) is 22.4 Å². The summed E-state index contributed by atoms with van der Waals surface area (Å²) in [4.78, 5) is 22.4. The third kappa shape index (κ3) is 3.45. The Morgan fingerprint density at radius 2 is 2.00 bits per heavy atom. The largest absolute Gasteiger partial charge is 0.478 e. The van der Waals surface area contributed by atoms with E-state index in [9.17, 15) is 9.59 Å². The van der Waals surface area contributed by atoms with E-state index in [0.29, 0.717) is 5.69 Å². The highest BCUT2D eigenvalue weighted by Crippen LogP contribution is 2.21. The van der Waals surface area contributed by atoms with Crippen LogP contribution < -0.4 is 11.1 Å². The summed E-state index contributed by atoms with van der Waals surface area (Å²) in [6, 6.07) is 3.57. The van der Waals surface area contributed by atoms with Crippen LogP contribution in [0.15, 0.2) is 18.2 Å². The lowest BCUT2D eigenvalue weighted by Crippen LogP contribution is -2.39. The Kier molecular flexibility index (Phi) is 4.69. The molecule has 0 aromatic heterocycles. The van der Waals surface area contributed by atoms with Crippen LogP contribution in [0.3, 0.4) is 0 Å². The SMILES string of the molecule is CC(C)[C@H](N)C(=O)Nc1ccc(C(=O)O)c(Cl)c1. The van der Waals surface area contributed by atoms with Gasteiger partial charge in [0.2, 0.25) is 5.91 Å². The van der Waals surface area contributed by atoms with Crippen molar-refractivity contribution in [2.24, 2.45) is 11.7 Å². The Hall–Kier alpha value is -1.59. The fourth-order valence-corrected chi connectivity index (χ4v) is 1.56. The Morgan fingerprint density at radius 3 is 2.44 bits per heavy atom. The van der Waals surface area contributed by atoms with E-state index < -0.39 is 12.0 Å². The molecule has 0 spiro atoms. The molecule has 0 saturated carbocycles. The maximum absolute atomic E-state index is 11.7. The van der Waals surface area contributed by atoms with Crippen molar-refractivity contribution in [2.45, 2.75) is 19.9 Å². The minimum Gasteiger partial charge on any atom is -0.478 e. The van der Waals surface area contributed by atoms with Crippen molar-refractivity contribution in [1.29, 1.82) is 0 Å². The predicted octanol–water partition coefficient (Wildman–Crippen LogP) is 1.96. The molecule has 0 aliphatic carbocycles. The van der Waals surface area contributed by atoms with Gasteiger partial charge in [0.25, 0.3) is 0 Å². The average molecular weight is 271 g/mol. The first-order valence-corrected chi connectivity index (χ1v) is 5.80. The van der Waals surface area contributed by atoms with Gasteiger partial charge in [0.1, 0.15) is 0 Å². The van der Waals surface area contributed by atoms with Crippen LogP contribution >= 0.6 is 11.6 Å². The normalized spacial score (nSPS) is 12.3. The number of carbonyl (C=O) groups is 2. The van der Waals surface area contributed by atoms with E-state index in [1.807, 2.05) is 13.8 Å². The molecule has 0 aliphatic rings. The van der Waals surface area contributed by atoms with Crippen molar-refractivity contribution in [3.8, 4) is 0 Å². The van der Waals surface area contributed by atoms with E-state index >= 15 is 0 Å². The highest BCUT2D eigenvalue weighted by atomic mass is 35.5. The van der Waals surface area contributed by atoms with Crippen molar-refractivity contribution in [1.82, 2.24) is 0 Å². The van der Waals surface area contributed by atoms with Gasteiger partial charge in [-0.05, 0) is 24.1 Å². The number of carboxylic acid groups (broad SMARTS) is 1. The molecule has 6 heteroatoms. The minimum atomic E-state index is -1.11. The molecule has 5 nitrogen and oxygen atoms in total. The van der Waals surface area contributed by atoms with Crippen molar-refractivity contribution in [3.05, 3.63) is 28.8 Å². The second-order valence-corrected chi connectivity index (χ2v) is 4.67. The summed E-state index contributed by atoms with van der Waals surface area (Å²) in [6.45, 7) is 3.68. The van der Waals surface area contributed by atoms with Gasteiger partial charge >= 0.3 is 5.97 Å². The minimum absolute atomic E-state index is 0.0113. The first-order chi connectivity index (χ1) is 8.32. The lowest BCUT2D eigenvalue weighted by atomic mass is 10.0. The fourth-order valence-electron chi connectivity index (χ4n) is 1.29. The van der Waals surface area contributed by atoms with Gasteiger partial charge in [0, 0.05) is 5.69 Å². The molecule has 0 bridgehead atoms. The molecule has 0 fully saturated rings. The zero-order valence-corrected chi connectivity index (χ0v) is 10.9. The van der Waals surface area contributed by atoms with Gasteiger partial charge < -0.3 is 16.2 Å². The summed E-state index contributed by atoms with van der Waals surface area (Å²) in [5.74, 6) is -1.43. The fraction of sp³-hybridized carbons (Fsp3) is 0.333. The van der Waals surface area contributed by atoms with E-state index in [0.717, 1.165) is 0 Å². The molecule has 98 valence electrons. The lowest BCUT2D eigenvalue weighted by molar-refractivity contribution is -0.118. The summed E-state index contributed by atoms with van der Waals surface area (Å²) in [6.07, 6.45) is 0. The van der Waals surface area contributed by atoms with Crippen molar-refractivity contribution < 1.29 is 14.7 Å². The van der Waals surface area contributed by atoms with Crippen molar-refractivity contribution in [2.75, 3.05) is 5.32 Å². The number of aromatic carboxylic acids is 1. The summed E-state index contributed by atoms with van der Waals surface area (Å²) < 4.78 is 0. The first kappa shape index (κ1) is 14.5. The number of amides is 1. The standard InChI is InChI=1S/C12H15ClN2O3/c1-6(2)10(14)11(16)15-7-3-4-8(12(17)18)9(13)5-7/h3-6,10H,14H2,1-2H3,(H,15,16)(H,17,18)/t10-/m0/s1. The Balaban J connectivity index is 2.84. The van der Waals surface area contributed by atoms with Gasteiger partial charge in [-0.25, -0.2) is 4.79 Å². The number of rotatable bonds is 4. The number of carboxylic acids is 1. The van der Waals surface area contributed by atoms with E-state index in [1.54, 1.807) is 0 Å². The quantitative estimate of drug-likeness (QED) is 0.780. The number of nitrogens with two attached hydrogens (primary N) is 1. The number of hydrogen-bond acceptors (Lipinski definition) is 3. The van der Waals surface area contributed by atoms with Gasteiger partial charge in [-0.3, -0.25) is 4.79 Å². The lowest BCUT2D eigenvalue weighted by Gasteiger charge is -2.15. The zero-order chi connectivity index (χ0) is 13.9. The van der Waals surface area contributed by atoms with Gasteiger partial charge in [-0.2, -0.15) is 0 Å². The van der Waals surface area contributed by atoms with Crippen LogP contribution in [0.2, 0.25) is 5.02 Å². The second-order valence-electron chi connectivity index (χ2n) is 4.26. The van der Waals surface area contributed by atoms with Crippen molar-refractivity contribution in [3.63, 3.8) is 0 Å². The predicted molar refractivity (Wildman–Crippen MR) is 69.9 cm³/mol. The Labute approximate surface area is 110 Å². The monoisotopic (exact) mass is 270 g/mol.